The van der Waals surface area contributed by atoms with Crippen LogP contribution in [-0.4, -0.2) is 51.3 Å². The predicted molar refractivity (Wildman–Crippen MR) is 114 cm³/mol. The van der Waals surface area contributed by atoms with Crippen LogP contribution < -0.4 is 10.2 Å². The van der Waals surface area contributed by atoms with Crippen molar-refractivity contribution >= 4 is 17.5 Å². The molecule has 3 N–H and O–H groups in total. The van der Waals surface area contributed by atoms with E-state index in [1.165, 1.54) is 25.7 Å². The second kappa shape index (κ2) is 8.84. The van der Waals surface area contributed by atoms with Crippen LogP contribution in [0.4, 0.5) is 11.6 Å². The summed E-state index contributed by atoms with van der Waals surface area (Å²) in [6.45, 7) is 4.57. The van der Waals surface area contributed by atoms with Gasteiger partial charge in [-0.05, 0) is 44.7 Å². The van der Waals surface area contributed by atoms with Gasteiger partial charge in [-0.3, -0.25) is 9.78 Å². The second-order valence-electron chi connectivity index (χ2n) is 8.00. The molecular weight excluding hydrogens is 370 g/mol. The van der Waals surface area contributed by atoms with Crippen molar-refractivity contribution in [3.63, 3.8) is 0 Å². The number of amides is 1. The minimum Gasteiger partial charge on any atom is -0.400 e. The topological polar surface area (TPSA) is 111 Å². The molecule has 0 bridgehead atoms. The number of rotatable bonds is 4. The number of carbonyl (C=O) groups excluding carboxylic acids is 1. The fourth-order valence-corrected chi connectivity index (χ4v) is 3.81. The predicted octanol–water partition coefficient (Wildman–Crippen LogP) is 2.57. The smallest absolute Gasteiger partial charge is 0.245 e. The Bertz CT molecular complexity index is 849. The molecule has 0 saturated heterocycles. The van der Waals surface area contributed by atoms with Crippen LogP contribution in [0.15, 0.2) is 24.5 Å². The SMILES string of the molecule is CC(C)(O)c1ccc(-c2cnc3c(n2)N(CC2CCCC2)CC(=O)N3)cn1.CO.[HH]. The largest absolute Gasteiger partial charge is 0.400 e. The molecule has 29 heavy (non-hydrogen) atoms. The third-order valence-electron chi connectivity index (χ3n) is 5.29. The first-order chi connectivity index (χ1) is 13.9. The Kier molecular flexibility index (Phi) is 6.44. The maximum Gasteiger partial charge on any atom is 0.245 e. The number of anilines is 2. The lowest BCUT2D eigenvalue weighted by atomic mass is 10.0. The molecule has 1 saturated carbocycles. The van der Waals surface area contributed by atoms with Gasteiger partial charge in [0.25, 0.3) is 0 Å². The summed E-state index contributed by atoms with van der Waals surface area (Å²) < 4.78 is 0. The molecule has 0 unspecified atom stereocenters. The Balaban J connectivity index is 0.00000104. The molecule has 2 aromatic heterocycles. The van der Waals surface area contributed by atoms with Gasteiger partial charge in [-0.2, -0.15) is 0 Å². The molecule has 8 nitrogen and oxygen atoms in total. The maximum atomic E-state index is 12.0. The molecule has 0 radical (unpaired) electrons. The van der Waals surface area contributed by atoms with Crippen molar-refractivity contribution < 1.29 is 16.4 Å². The summed E-state index contributed by atoms with van der Waals surface area (Å²) in [6.07, 6.45) is 8.31. The summed E-state index contributed by atoms with van der Waals surface area (Å²) >= 11 is 0. The Labute approximate surface area is 172 Å². The van der Waals surface area contributed by atoms with E-state index >= 15 is 0 Å². The van der Waals surface area contributed by atoms with Gasteiger partial charge in [0.15, 0.2) is 11.6 Å². The Morgan fingerprint density at radius 2 is 1.93 bits per heavy atom. The first-order valence-electron chi connectivity index (χ1n) is 9.96. The van der Waals surface area contributed by atoms with Crippen LogP contribution in [0, 0.1) is 5.92 Å². The van der Waals surface area contributed by atoms with E-state index in [4.69, 9.17) is 10.1 Å². The number of aliphatic hydroxyl groups is 2. The van der Waals surface area contributed by atoms with Crippen molar-refractivity contribution in [2.24, 2.45) is 5.92 Å². The van der Waals surface area contributed by atoms with E-state index in [-0.39, 0.29) is 7.33 Å². The zero-order valence-corrected chi connectivity index (χ0v) is 17.2. The van der Waals surface area contributed by atoms with Crippen molar-refractivity contribution in [2.45, 2.75) is 45.1 Å². The van der Waals surface area contributed by atoms with Crippen molar-refractivity contribution in [2.75, 3.05) is 30.4 Å². The van der Waals surface area contributed by atoms with E-state index in [0.29, 0.717) is 29.7 Å². The summed E-state index contributed by atoms with van der Waals surface area (Å²) in [4.78, 5) is 27.7. The summed E-state index contributed by atoms with van der Waals surface area (Å²) in [5.41, 5.74) is 1.15. The number of nitrogens with one attached hydrogen (secondary N) is 1. The second-order valence-corrected chi connectivity index (χ2v) is 8.00. The average Bonchev–Trinajstić information content (AvgIpc) is 3.22. The summed E-state index contributed by atoms with van der Waals surface area (Å²) in [6, 6.07) is 3.69. The number of hydrogen-bond acceptors (Lipinski definition) is 7. The molecule has 158 valence electrons. The highest BCUT2D eigenvalue weighted by molar-refractivity contribution is 5.99. The molecule has 1 aliphatic carbocycles. The molecule has 1 aliphatic heterocycles. The molecule has 0 spiro atoms. The Morgan fingerprint density at radius 3 is 2.55 bits per heavy atom. The van der Waals surface area contributed by atoms with Crippen LogP contribution in [-0.2, 0) is 10.4 Å². The first kappa shape index (κ1) is 21.1. The van der Waals surface area contributed by atoms with Crippen LogP contribution >= 0.6 is 0 Å². The number of hydrogen-bond donors (Lipinski definition) is 3. The number of aliphatic hydroxyl groups excluding tert-OH is 1. The average molecular weight is 402 g/mol. The highest BCUT2D eigenvalue weighted by Crippen LogP contribution is 2.32. The Morgan fingerprint density at radius 1 is 1.21 bits per heavy atom. The monoisotopic (exact) mass is 401 g/mol. The summed E-state index contributed by atoms with van der Waals surface area (Å²) in [7, 11) is 1.00. The minimum absolute atomic E-state index is 0. The van der Waals surface area contributed by atoms with Gasteiger partial charge in [0.1, 0.15) is 5.60 Å². The van der Waals surface area contributed by atoms with Crippen molar-refractivity contribution in [3.8, 4) is 11.3 Å². The van der Waals surface area contributed by atoms with Crippen LogP contribution in [0.25, 0.3) is 11.3 Å². The van der Waals surface area contributed by atoms with E-state index in [0.717, 1.165) is 25.0 Å². The van der Waals surface area contributed by atoms with Gasteiger partial charge < -0.3 is 20.4 Å². The van der Waals surface area contributed by atoms with Gasteiger partial charge in [0.05, 0.1) is 24.1 Å². The molecule has 2 aromatic rings. The zero-order chi connectivity index (χ0) is 21.0. The summed E-state index contributed by atoms with van der Waals surface area (Å²) in [5, 5.41) is 19.9. The Hall–Kier alpha value is -2.58. The van der Waals surface area contributed by atoms with Gasteiger partial charge in [-0.15, -0.1) is 0 Å². The molecular formula is C21H31N5O3. The van der Waals surface area contributed by atoms with Crippen molar-refractivity contribution in [1.82, 2.24) is 15.0 Å². The van der Waals surface area contributed by atoms with Crippen LogP contribution in [0.3, 0.4) is 0 Å². The lowest BCUT2D eigenvalue weighted by Gasteiger charge is -2.31. The van der Waals surface area contributed by atoms with Gasteiger partial charge in [-0.1, -0.05) is 12.8 Å². The van der Waals surface area contributed by atoms with Crippen LogP contribution in [0.2, 0.25) is 0 Å². The molecule has 1 fully saturated rings. The van der Waals surface area contributed by atoms with Gasteiger partial charge in [-0.25, -0.2) is 9.97 Å². The van der Waals surface area contributed by atoms with E-state index in [9.17, 15) is 9.90 Å². The molecule has 2 aliphatic rings. The highest BCUT2D eigenvalue weighted by Gasteiger charge is 2.28. The minimum atomic E-state index is -0.984. The van der Waals surface area contributed by atoms with Crippen LogP contribution in [0.5, 0.6) is 0 Å². The van der Waals surface area contributed by atoms with Gasteiger partial charge in [0, 0.05) is 26.8 Å². The first-order valence-corrected chi connectivity index (χ1v) is 9.96. The van der Waals surface area contributed by atoms with Crippen molar-refractivity contribution in [3.05, 3.63) is 30.2 Å². The van der Waals surface area contributed by atoms with Gasteiger partial charge in [0.2, 0.25) is 5.91 Å². The third-order valence-corrected chi connectivity index (χ3v) is 5.29. The fraction of sp³-hybridized carbons (Fsp3) is 0.524. The lowest BCUT2D eigenvalue weighted by molar-refractivity contribution is -0.115. The molecule has 4 rings (SSSR count). The third kappa shape index (κ3) is 4.89. The van der Waals surface area contributed by atoms with Crippen LogP contribution in [0.1, 0.15) is 46.7 Å². The zero-order valence-electron chi connectivity index (χ0n) is 17.2. The normalized spacial score (nSPS) is 16.7. The van der Waals surface area contributed by atoms with E-state index in [2.05, 4.69) is 20.2 Å². The molecule has 1 amide bonds. The van der Waals surface area contributed by atoms with Gasteiger partial charge >= 0.3 is 0 Å². The standard InChI is InChI=1S/C20H25N5O2.CH4O.H2/c1-20(2,27)16-8-7-14(9-21-16)15-10-22-18-19(23-15)25(12-17(26)24-18)11-13-5-3-4-6-13;1-2;/h7-10,13,27H,3-6,11-12H2,1-2H3,(H,22,24,26);2H,1H3;1H. The maximum absolute atomic E-state index is 12.0. The lowest BCUT2D eigenvalue weighted by Crippen LogP contribution is -2.41. The quantitative estimate of drug-likeness (QED) is 0.722. The summed E-state index contributed by atoms with van der Waals surface area (Å²) in [5.74, 6) is 1.82. The number of carbonyl (C=O) groups is 1. The molecule has 3 heterocycles. The molecule has 8 heteroatoms. The number of nitrogens with zero attached hydrogens (tertiary/aromatic N) is 4. The van der Waals surface area contributed by atoms with E-state index in [1.807, 2.05) is 6.07 Å². The fourth-order valence-electron chi connectivity index (χ4n) is 3.81. The highest BCUT2D eigenvalue weighted by atomic mass is 16.3. The molecule has 0 atom stereocenters. The van der Waals surface area contributed by atoms with E-state index in [1.54, 1.807) is 32.3 Å². The van der Waals surface area contributed by atoms with E-state index < -0.39 is 5.60 Å². The number of aromatic nitrogens is 3. The molecule has 0 aromatic carbocycles. The number of fused-ring (bicyclic) bond motifs is 1. The van der Waals surface area contributed by atoms with Crippen molar-refractivity contribution in [1.29, 1.82) is 0 Å². The number of pyridine rings is 1.